The van der Waals surface area contributed by atoms with E-state index < -0.39 is 5.97 Å². The van der Waals surface area contributed by atoms with Crippen molar-refractivity contribution in [2.75, 3.05) is 13.7 Å². The number of nitrogens with zero attached hydrogens (tertiary/aromatic N) is 1. The van der Waals surface area contributed by atoms with E-state index in [-0.39, 0.29) is 19.0 Å². The second-order valence-electron chi connectivity index (χ2n) is 5.93. The number of amides is 1. The molecular weight excluding hydrogens is 350 g/mol. The fraction of sp³-hybridized carbons (Fsp3) is 0.143. The molecule has 1 amide bonds. The van der Waals surface area contributed by atoms with Crippen LogP contribution in [0, 0.1) is 0 Å². The predicted octanol–water partition coefficient (Wildman–Crippen LogP) is 4.31. The van der Waals surface area contributed by atoms with Gasteiger partial charge >= 0.3 is 5.97 Å². The maximum Gasteiger partial charge on any atom is 0.325 e. The molecule has 0 aliphatic heterocycles. The first-order chi connectivity index (χ1) is 12.6. The van der Waals surface area contributed by atoms with E-state index in [0.29, 0.717) is 10.6 Å². The number of hydrogen-bond acceptors (Lipinski definition) is 3. The molecule has 0 spiro atoms. The lowest BCUT2D eigenvalue weighted by Crippen LogP contribution is -2.35. The largest absolute Gasteiger partial charge is 0.468 e. The standard InChI is InChI=1S/C21H18ClNO3/c1-26-20(24)14-23(13-15-6-10-19(22)11-7-15)21(25)18-9-8-16-4-2-3-5-17(16)12-18/h2-12H,13-14H2,1H3. The molecule has 0 radical (unpaired) electrons. The average Bonchev–Trinajstić information content (AvgIpc) is 2.68. The molecule has 132 valence electrons. The number of ether oxygens (including phenoxy) is 1. The Kier molecular flexibility index (Phi) is 5.54. The van der Waals surface area contributed by atoms with E-state index >= 15 is 0 Å². The highest BCUT2D eigenvalue weighted by Crippen LogP contribution is 2.18. The lowest BCUT2D eigenvalue weighted by Gasteiger charge is -2.22. The number of methoxy groups -OCH3 is 1. The van der Waals surface area contributed by atoms with Crippen LogP contribution in [-0.4, -0.2) is 30.4 Å². The minimum absolute atomic E-state index is 0.120. The Bertz CT molecular complexity index is 937. The van der Waals surface area contributed by atoms with Crippen LogP contribution in [0.5, 0.6) is 0 Å². The van der Waals surface area contributed by atoms with Crippen molar-refractivity contribution in [3.05, 3.63) is 82.9 Å². The van der Waals surface area contributed by atoms with Gasteiger partial charge in [-0.1, -0.05) is 54.1 Å². The van der Waals surface area contributed by atoms with Crippen molar-refractivity contribution in [3.63, 3.8) is 0 Å². The summed E-state index contributed by atoms with van der Waals surface area (Å²) < 4.78 is 4.74. The quantitative estimate of drug-likeness (QED) is 0.631. The van der Waals surface area contributed by atoms with E-state index in [1.807, 2.05) is 48.5 Å². The molecule has 0 aromatic heterocycles. The van der Waals surface area contributed by atoms with Crippen LogP contribution in [0.1, 0.15) is 15.9 Å². The summed E-state index contributed by atoms with van der Waals surface area (Å²) in [7, 11) is 1.31. The second-order valence-corrected chi connectivity index (χ2v) is 6.36. The molecule has 0 bridgehead atoms. The van der Waals surface area contributed by atoms with Gasteiger partial charge in [0.15, 0.2) is 0 Å². The van der Waals surface area contributed by atoms with E-state index in [2.05, 4.69) is 0 Å². The molecule has 5 heteroatoms. The molecule has 0 atom stereocenters. The monoisotopic (exact) mass is 367 g/mol. The van der Waals surface area contributed by atoms with Gasteiger partial charge in [-0.2, -0.15) is 0 Å². The highest BCUT2D eigenvalue weighted by atomic mass is 35.5. The SMILES string of the molecule is COC(=O)CN(Cc1ccc(Cl)cc1)C(=O)c1ccc2ccccc2c1. The Morgan fingerprint density at radius 3 is 2.35 bits per heavy atom. The zero-order valence-electron chi connectivity index (χ0n) is 14.3. The zero-order valence-corrected chi connectivity index (χ0v) is 15.1. The molecule has 3 aromatic carbocycles. The topological polar surface area (TPSA) is 46.6 Å². The van der Waals surface area contributed by atoms with Gasteiger partial charge in [-0.25, -0.2) is 0 Å². The molecular formula is C21H18ClNO3. The maximum absolute atomic E-state index is 13.0. The van der Waals surface area contributed by atoms with Crippen LogP contribution < -0.4 is 0 Å². The number of carbonyl (C=O) groups is 2. The highest BCUT2D eigenvalue weighted by Gasteiger charge is 2.20. The average molecular weight is 368 g/mol. The lowest BCUT2D eigenvalue weighted by atomic mass is 10.1. The van der Waals surface area contributed by atoms with E-state index in [0.717, 1.165) is 16.3 Å². The Labute approximate surface area is 156 Å². The number of carbonyl (C=O) groups excluding carboxylic acids is 2. The van der Waals surface area contributed by atoms with Crippen molar-refractivity contribution in [2.45, 2.75) is 6.54 Å². The number of rotatable bonds is 5. The molecule has 0 unspecified atom stereocenters. The van der Waals surface area contributed by atoms with Crippen LogP contribution in [0.25, 0.3) is 10.8 Å². The molecule has 3 rings (SSSR count). The van der Waals surface area contributed by atoms with Crippen molar-refractivity contribution < 1.29 is 14.3 Å². The second kappa shape index (κ2) is 8.02. The molecule has 0 aliphatic carbocycles. The molecule has 26 heavy (non-hydrogen) atoms. The number of esters is 1. The van der Waals surface area contributed by atoms with Crippen molar-refractivity contribution >= 4 is 34.2 Å². The van der Waals surface area contributed by atoms with Crippen LogP contribution >= 0.6 is 11.6 Å². The van der Waals surface area contributed by atoms with Gasteiger partial charge in [-0.15, -0.1) is 0 Å². The molecule has 4 nitrogen and oxygen atoms in total. The maximum atomic E-state index is 13.0. The lowest BCUT2D eigenvalue weighted by molar-refractivity contribution is -0.141. The molecule has 0 saturated carbocycles. The van der Waals surface area contributed by atoms with Gasteiger partial charge in [0.1, 0.15) is 6.54 Å². The highest BCUT2D eigenvalue weighted by molar-refractivity contribution is 6.30. The predicted molar refractivity (Wildman–Crippen MR) is 102 cm³/mol. The summed E-state index contributed by atoms with van der Waals surface area (Å²) in [4.78, 5) is 26.3. The Balaban J connectivity index is 1.89. The van der Waals surface area contributed by atoms with Gasteiger partial charge < -0.3 is 9.64 Å². The van der Waals surface area contributed by atoms with E-state index in [1.165, 1.54) is 12.0 Å². The number of hydrogen-bond donors (Lipinski definition) is 0. The van der Waals surface area contributed by atoms with Gasteiger partial charge in [-0.3, -0.25) is 9.59 Å². The molecule has 0 fully saturated rings. The van der Waals surface area contributed by atoms with Crippen LogP contribution in [0.3, 0.4) is 0 Å². The summed E-state index contributed by atoms with van der Waals surface area (Å²) in [5, 5.41) is 2.65. The minimum atomic E-state index is -0.465. The van der Waals surface area contributed by atoms with Gasteiger partial charge in [0.2, 0.25) is 0 Å². The minimum Gasteiger partial charge on any atom is -0.468 e. The third-order valence-corrected chi connectivity index (χ3v) is 4.37. The summed E-state index contributed by atoms with van der Waals surface area (Å²) in [5.41, 5.74) is 1.41. The molecule has 0 aliphatic rings. The Hall–Kier alpha value is -2.85. The van der Waals surface area contributed by atoms with Gasteiger partial charge in [0, 0.05) is 17.1 Å². The van der Waals surface area contributed by atoms with Crippen LogP contribution in [0.4, 0.5) is 0 Å². The third kappa shape index (κ3) is 4.21. The first-order valence-electron chi connectivity index (χ1n) is 8.16. The Morgan fingerprint density at radius 1 is 0.962 bits per heavy atom. The van der Waals surface area contributed by atoms with Crippen molar-refractivity contribution in [1.82, 2.24) is 4.90 Å². The third-order valence-electron chi connectivity index (χ3n) is 4.12. The van der Waals surface area contributed by atoms with Gasteiger partial charge in [0.25, 0.3) is 5.91 Å². The van der Waals surface area contributed by atoms with Crippen LogP contribution in [0.15, 0.2) is 66.7 Å². The van der Waals surface area contributed by atoms with Gasteiger partial charge in [0.05, 0.1) is 7.11 Å². The van der Waals surface area contributed by atoms with E-state index in [4.69, 9.17) is 16.3 Å². The molecule has 0 N–H and O–H groups in total. The van der Waals surface area contributed by atoms with Crippen LogP contribution in [-0.2, 0) is 16.1 Å². The number of fused-ring (bicyclic) bond motifs is 1. The smallest absolute Gasteiger partial charge is 0.325 e. The number of benzene rings is 3. The summed E-state index contributed by atoms with van der Waals surface area (Å²) in [5.74, 6) is -0.691. The fourth-order valence-corrected chi connectivity index (χ4v) is 2.86. The summed E-state index contributed by atoms with van der Waals surface area (Å²) in [6.07, 6.45) is 0. The summed E-state index contributed by atoms with van der Waals surface area (Å²) in [6, 6.07) is 20.5. The Morgan fingerprint density at radius 2 is 1.65 bits per heavy atom. The van der Waals surface area contributed by atoms with Crippen molar-refractivity contribution in [1.29, 1.82) is 0 Å². The zero-order chi connectivity index (χ0) is 18.5. The van der Waals surface area contributed by atoms with Crippen molar-refractivity contribution in [2.24, 2.45) is 0 Å². The summed E-state index contributed by atoms with van der Waals surface area (Å²) >= 11 is 5.91. The van der Waals surface area contributed by atoms with E-state index in [9.17, 15) is 9.59 Å². The van der Waals surface area contributed by atoms with Gasteiger partial charge in [-0.05, 0) is 40.6 Å². The molecule has 0 saturated heterocycles. The van der Waals surface area contributed by atoms with Crippen LogP contribution in [0.2, 0.25) is 5.02 Å². The molecule has 0 heterocycles. The van der Waals surface area contributed by atoms with E-state index in [1.54, 1.807) is 18.2 Å². The van der Waals surface area contributed by atoms with Crippen molar-refractivity contribution in [3.8, 4) is 0 Å². The molecule has 3 aromatic rings. The normalized spacial score (nSPS) is 10.5. The summed E-state index contributed by atoms with van der Waals surface area (Å²) in [6.45, 7) is 0.169. The first-order valence-corrected chi connectivity index (χ1v) is 8.54. The fourth-order valence-electron chi connectivity index (χ4n) is 2.74. The first kappa shape index (κ1) is 18.0. The number of halogens is 1.